The maximum Gasteiger partial charge on any atom is 0.232 e. The maximum absolute atomic E-state index is 5.91. The number of nitrogens with one attached hydrogen (secondary N) is 2. The van der Waals surface area contributed by atoms with Gasteiger partial charge in [-0.2, -0.15) is 29.9 Å². The molecular weight excluding hydrogens is 1440 g/mol. The van der Waals surface area contributed by atoms with Crippen molar-refractivity contribution in [3.05, 3.63) is 0 Å². The van der Waals surface area contributed by atoms with Crippen LogP contribution in [0.4, 0.5) is 35.7 Å². The van der Waals surface area contributed by atoms with Crippen LogP contribution in [0, 0.1) is 0 Å². The Kier molecular flexibility index (Phi) is 44.3. The van der Waals surface area contributed by atoms with Gasteiger partial charge in [-0.15, -0.1) is 0 Å². The van der Waals surface area contributed by atoms with Gasteiger partial charge in [0, 0.05) is 107 Å². The van der Waals surface area contributed by atoms with Crippen molar-refractivity contribution >= 4 is 35.7 Å². The number of hydrogen-bond acceptors (Lipinski definition) is 16. The number of hydrogen-bond donors (Lipinski definition) is 2. The summed E-state index contributed by atoms with van der Waals surface area (Å²) < 4.78 is 0. The summed E-state index contributed by atoms with van der Waals surface area (Å²) in [6.45, 7) is 55.9. The molecule has 0 radical (unpaired) electrons. The second kappa shape index (κ2) is 50.6. The molecule has 0 aliphatic carbocycles. The molecule has 1 unspecified atom stereocenters. The van der Waals surface area contributed by atoms with Crippen LogP contribution in [0.1, 0.15) is 479 Å². The van der Waals surface area contributed by atoms with Crippen molar-refractivity contribution in [2.45, 2.75) is 554 Å². The number of unbranched alkanes of at least 4 members (excludes halogenated alkanes) is 37. The fourth-order valence-corrected chi connectivity index (χ4v) is 21.7. The molecule has 2 aromatic rings. The SMILES string of the molecule is CCCCCCCCCCCCN(c1nc(NCCCCC(CC)Nc2nc(N(CCCCCCCCCCCC)C3CC(C)(C)N(C)C(C)(C)C3)nc(N(CCCCCCCCCCCC)C3CC(C)(C)N(C)C(C)(C)C3)n2)nc(N(CCCCCCCCCCCC)C2CC(C)(C)N(C)C(C)(C)C2)n1)C1CC(C)(C)N(C)C(C)(C)C1. The maximum atomic E-state index is 5.91. The van der Waals surface area contributed by atoms with E-state index in [0.717, 1.165) is 171 Å². The summed E-state index contributed by atoms with van der Waals surface area (Å²) in [5, 5.41) is 8.12. The molecule has 16 nitrogen and oxygen atoms in total. The van der Waals surface area contributed by atoms with E-state index >= 15 is 0 Å². The van der Waals surface area contributed by atoms with E-state index in [0.29, 0.717) is 12.1 Å². The molecule has 6 rings (SSSR count). The third-order valence-electron chi connectivity index (χ3n) is 30.3. The quantitative estimate of drug-likeness (QED) is 0.0609. The molecule has 4 aliphatic heterocycles. The summed E-state index contributed by atoms with van der Waals surface area (Å²) in [5.41, 5.74) is 0.0459. The smallest absolute Gasteiger partial charge is 0.232 e. The van der Waals surface area contributed by atoms with Gasteiger partial charge in [0.05, 0.1) is 0 Å². The molecule has 4 fully saturated rings. The first-order chi connectivity index (χ1) is 55.5. The number of likely N-dealkylation sites (tertiary alicyclic amines) is 4. The van der Waals surface area contributed by atoms with Gasteiger partial charge >= 0.3 is 0 Å². The van der Waals surface area contributed by atoms with Crippen molar-refractivity contribution in [2.24, 2.45) is 0 Å². The molecule has 0 spiro atoms. The number of nitrogens with zero attached hydrogens (tertiary/aromatic N) is 14. The van der Waals surface area contributed by atoms with E-state index in [1.54, 1.807) is 0 Å². The first-order valence-corrected chi connectivity index (χ1v) is 50.5. The highest BCUT2D eigenvalue weighted by molar-refractivity contribution is 5.49. The zero-order valence-corrected chi connectivity index (χ0v) is 82.5. The van der Waals surface area contributed by atoms with Gasteiger partial charge < -0.3 is 30.2 Å². The Morgan fingerprint density at radius 1 is 0.265 bits per heavy atom. The molecule has 680 valence electrons. The van der Waals surface area contributed by atoms with Crippen LogP contribution >= 0.6 is 0 Å². The first-order valence-electron chi connectivity index (χ1n) is 50.5. The normalized spacial score (nSPS) is 20.1. The van der Waals surface area contributed by atoms with Crippen LogP contribution in [0.25, 0.3) is 0 Å². The Bertz CT molecular complexity index is 2730. The molecule has 16 heteroatoms. The molecular formula is C101H196N16. The lowest BCUT2D eigenvalue weighted by atomic mass is 9.77. The van der Waals surface area contributed by atoms with Gasteiger partial charge in [-0.3, -0.25) is 19.6 Å². The van der Waals surface area contributed by atoms with E-state index in [1.165, 1.54) is 231 Å². The van der Waals surface area contributed by atoms with Crippen LogP contribution in [-0.4, -0.2) is 185 Å². The van der Waals surface area contributed by atoms with Gasteiger partial charge in [-0.1, -0.05) is 266 Å². The molecule has 117 heavy (non-hydrogen) atoms. The zero-order chi connectivity index (χ0) is 85.9. The average molecular weight is 1630 g/mol. The van der Waals surface area contributed by atoms with Crippen LogP contribution in [-0.2, 0) is 0 Å². The standard InChI is InChI=1S/C101H196N16/c1-26-31-35-39-43-47-51-55-59-65-71-114(84-75-94(6,7)110(22)95(8,9)76-84)90-104-88(105-91(108-90)115(72-66-60-56-52-48-44-40-36-32-27-2)85-77-96(10,11)111(23)97(12,13)78-85)102-70-64-63-69-83(30-5)103-89-106-92(116(73-67-61-57-53-49-45-41-37-33-28-3)86-79-98(14,15)112(24)99(16,17)80-86)109-93(107-89)117(74-68-62-58-54-50-46-42-38-34-29-4)87-81-100(18,19)113(25)101(20,21)82-87/h83-87H,26-82H2,1-25H3,(H,102,104,105,108)(H,103,106,107,109). The fraction of sp³-hybridized carbons (Fsp3) is 0.941. The van der Waals surface area contributed by atoms with E-state index in [9.17, 15) is 0 Å². The number of rotatable bonds is 61. The molecule has 0 aromatic carbocycles. The minimum absolute atomic E-state index is 0.00423. The van der Waals surface area contributed by atoms with Gasteiger partial charge in [0.15, 0.2) is 0 Å². The monoisotopic (exact) mass is 1630 g/mol. The molecule has 6 heterocycles. The third-order valence-corrected chi connectivity index (χ3v) is 30.3. The zero-order valence-electron chi connectivity index (χ0n) is 82.5. The van der Waals surface area contributed by atoms with Gasteiger partial charge in [0.1, 0.15) is 0 Å². The molecule has 4 saturated heterocycles. The topological polar surface area (TPSA) is 127 Å². The van der Waals surface area contributed by atoms with Gasteiger partial charge in [-0.25, -0.2) is 0 Å². The van der Waals surface area contributed by atoms with Crippen molar-refractivity contribution in [3.63, 3.8) is 0 Å². The van der Waals surface area contributed by atoms with Crippen LogP contribution in [0.2, 0.25) is 0 Å². The predicted octanol–water partition coefficient (Wildman–Crippen LogP) is 27.0. The van der Waals surface area contributed by atoms with E-state index in [2.05, 4.69) is 223 Å². The molecule has 0 bridgehead atoms. The molecule has 2 aromatic heterocycles. The van der Waals surface area contributed by atoms with Crippen molar-refractivity contribution in [1.82, 2.24) is 49.5 Å². The highest BCUT2D eigenvalue weighted by Crippen LogP contribution is 2.46. The lowest BCUT2D eigenvalue weighted by Crippen LogP contribution is -2.63. The van der Waals surface area contributed by atoms with Crippen molar-refractivity contribution in [1.29, 1.82) is 0 Å². The summed E-state index contributed by atoms with van der Waals surface area (Å²) in [6, 6.07) is 1.35. The fourth-order valence-electron chi connectivity index (χ4n) is 21.7. The minimum Gasteiger partial charge on any atom is -0.354 e. The molecule has 2 N–H and O–H groups in total. The highest BCUT2D eigenvalue weighted by Gasteiger charge is 2.50. The predicted molar refractivity (Wildman–Crippen MR) is 512 cm³/mol. The molecule has 0 amide bonds. The van der Waals surface area contributed by atoms with Crippen molar-refractivity contribution < 1.29 is 0 Å². The van der Waals surface area contributed by atoms with Crippen LogP contribution < -0.4 is 30.2 Å². The largest absolute Gasteiger partial charge is 0.354 e. The second-order valence-corrected chi connectivity index (χ2v) is 43.7. The summed E-state index contributed by atoms with van der Waals surface area (Å²) in [5.74, 6) is 5.00. The second-order valence-electron chi connectivity index (χ2n) is 43.7. The summed E-state index contributed by atoms with van der Waals surface area (Å²) >= 11 is 0. The Morgan fingerprint density at radius 2 is 0.462 bits per heavy atom. The summed E-state index contributed by atoms with van der Waals surface area (Å²) in [4.78, 5) is 56.1. The first kappa shape index (κ1) is 102. The summed E-state index contributed by atoms with van der Waals surface area (Å²) in [6.07, 6.45) is 65.3. The van der Waals surface area contributed by atoms with E-state index in [4.69, 9.17) is 29.9 Å². The van der Waals surface area contributed by atoms with Gasteiger partial charge in [0.2, 0.25) is 35.7 Å². The lowest BCUT2D eigenvalue weighted by Gasteiger charge is -2.56. The average Bonchev–Trinajstić information content (AvgIpc) is 0.766. The van der Waals surface area contributed by atoms with Crippen molar-refractivity contribution in [3.8, 4) is 0 Å². The van der Waals surface area contributed by atoms with Gasteiger partial charge in [0.25, 0.3) is 0 Å². The summed E-state index contributed by atoms with van der Waals surface area (Å²) in [7, 11) is 9.44. The lowest BCUT2D eigenvalue weighted by molar-refractivity contribution is -0.0135. The number of anilines is 6. The Hall–Kier alpha value is -3.34. The number of piperidine rings is 4. The Labute approximate surface area is 726 Å². The molecule has 1 atom stereocenters. The van der Waals surface area contributed by atoms with Crippen LogP contribution in [0.5, 0.6) is 0 Å². The minimum atomic E-state index is 0.00423. The molecule has 0 saturated carbocycles. The molecule has 4 aliphatic rings. The highest BCUT2D eigenvalue weighted by atomic mass is 15.4. The van der Waals surface area contributed by atoms with Crippen molar-refractivity contribution in [2.75, 3.05) is 91.1 Å². The van der Waals surface area contributed by atoms with Crippen LogP contribution in [0.3, 0.4) is 0 Å². The number of aromatic nitrogens is 6. The van der Waals surface area contributed by atoms with E-state index in [-0.39, 0.29) is 62.4 Å². The third kappa shape index (κ3) is 33.6. The van der Waals surface area contributed by atoms with E-state index < -0.39 is 0 Å². The van der Waals surface area contributed by atoms with E-state index in [1.807, 2.05) is 0 Å². The Balaban J connectivity index is 1.37. The van der Waals surface area contributed by atoms with Crippen LogP contribution in [0.15, 0.2) is 0 Å². The Morgan fingerprint density at radius 3 is 0.667 bits per heavy atom. The van der Waals surface area contributed by atoms with Gasteiger partial charge in [-0.05, 0) is 242 Å².